The van der Waals surface area contributed by atoms with E-state index in [0.717, 1.165) is 10.9 Å². The highest BCUT2D eigenvalue weighted by Crippen LogP contribution is 2.31. The second-order valence-electron chi connectivity index (χ2n) is 4.72. The molecular formula is C12H14Br2ClNO2S. The third kappa shape index (κ3) is 3.35. The molecule has 1 saturated heterocycles. The van der Waals surface area contributed by atoms with Gasteiger partial charge in [0.2, 0.25) is 10.0 Å². The van der Waals surface area contributed by atoms with Crippen molar-refractivity contribution in [2.45, 2.75) is 23.1 Å². The third-order valence-electron chi connectivity index (χ3n) is 3.28. The van der Waals surface area contributed by atoms with Crippen molar-refractivity contribution in [3.63, 3.8) is 0 Å². The standard InChI is InChI=1S/C12H14Br2ClNO2S/c1-8-7-16(5-4-10(8)14)19(17,18)12-3-2-9(13)6-11(12)15/h2-3,6,8,10H,4-5,7H2,1H3. The molecule has 1 aromatic carbocycles. The van der Waals surface area contributed by atoms with Crippen molar-refractivity contribution in [1.29, 1.82) is 0 Å². The lowest BCUT2D eigenvalue weighted by molar-refractivity contribution is 0.292. The molecule has 1 aromatic rings. The number of benzene rings is 1. The summed E-state index contributed by atoms with van der Waals surface area (Å²) in [6.07, 6.45) is 0.814. The number of alkyl halides is 1. The average molecular weight is 432 g/mol. The summed E-state index contributed by atoms with van der Waals surface area (Å²) in [5.41, 5.74) is 0. The van der Waals surface area contributed by atoms with Crippen LogP contribution in [0.15, 0.2) is 27.6 Å². The zero-order chi connectivity index (χ0) is 14.2. The van der Waals surface area contributed by atoms with E-state index < -0.39 is 10.0 Å². The van der Waals surface area contributed by atoms with Gasteiger partial charge >= 0.3 is 0 Å². The van der Waals surface area contributed by atoms with E-state index in [1.165, 1.54) is 4.31 Å². The zero-order valence-corrected chi connectivity index (χ0v) is 15.1. The van der Waals surface area contributed by atoms with Crippen LogP contribution in [-0.2, 0) is 10.0 Å². The van der Waals surface area contributed by atoms with E-state index in [-0.39, 0.29) is 15.8 Å². The van der Waals surface area contributed by atoms with Gasteiger partial charge in [0, 0.05) is 22.4 Å². The number of rotatable bonds is 2. The molecule has 0 saturated carbocycles. The Morgan fingerprint density at radius 3 is 2.68 bits per heavy atom. The first-order valence-corrected chi connectivity index (χ1v) is 9.44. The van der Waals surface area contributed by atoms with Crippen LogP contribution in [-0.4, -0.2) is 30.6 Å². The predicted octanol–water partition coefficient (Wildman–Crippen LogP) is 3.90. The molecule has 0 amide bonds. The van der Waals surface area contributed by atoms with Gasteiger partial charge in [-0.1, -0.05) is 50.4 Å². The summed E-state index contributed by atoms with van der Waals surface area (Å²) in [4.78, 5) is 0.553. The second-order valence-corrected chi connectivity index (χ2v) is 9.13. The Kier molecular flexibility index (Phi) is 4.99. The van der Waals surface area contributed by atoms with Crippen LogP contribution in [0.25, 0.3) is 0 Å². The van der Waals surface area contributed by atoms with Gasteiger partial charge in [0.25, 0.3) is 0 Å². The maximum Gasteiger partial charge on any atom is 0.244 e. The summed E-state index contributed by atoms with van der Waals surface area (Å²) in [6.45, 7) is 3.09. The van der Waals surface area contributed by atoms with Crippen LogP contribution in [0.2, 0.25) is 5.02 Å². The van der Waals surface area contributed by atoms with Crippen LogP contribution in [0.5, 0.6) is 0 Å². The number of nitrogens with zero attached hydrogens (tertiary/aromatic N) is 1. The van der Waals surface area contributed by atoms with E-state index in [9.17, 15) is 8.42 Å². The third-order valence-corrected chi connectivity index (χ3v) is 7.48. The van der Waals surface area contributed by atoms with Crippen LogP contribution in [0.4, 0.5) is 0 Å². The molecule has 0 N–H and O–H groups in total. The Labute approximate surface area is 135 Å². The van der Waals surface area contributed by atoms with Gasteiger partial charge < -0.3 is 0 Å². The first-order chi connectivity index (χ1) is 8.82. The minimum atomic E-state index is -3.51. The van der Waals surface area contributed by atoms with E-state index in [4.69, 9.17) is 11.6 Å². The van der Waals surface area contributed by atoms with Gasteiger partial charge in [0.05, 0.1) is 5.02 Å². The molecule has 0 spiro atoms. The lowest BCUT2D eigenvalue weighted by atomic mass is 10.0. The summed E-state index contributed by atoms with van der Waals surface area (Å²) in [7, 11) is -3.51. The van der Waals surface area contributed by atoms with Crippen molar-refractivity contribution < 1.29 is 8.42 Å². The normalized spacial score (nSPS) is 25.5. The summed E-state index contributed by atoms with van der Waals surface area (Å²) in [5.74, 6) is 0.290. The molecule has 1 heterocycles. The van der Waals surface area contributed by atoms with Gasteiger partial charge in [0.1, 0.15) is 4.90 Å². The molecule has 1 aliphatic rings. The van der Waals surface area contributed by atoms with Crippen molar-refractivity contribution in [1.82, 2.24) is 4.31 Å². The molecule has 0 aromatic heterocycles. The summed E-state index contributed by atoms with van der Waals surface area (Å²) >= 11 is 12.9. The fourth-order valence-electron chi connectivity index (χ4n) is 2.12. The Bertz CT molecular complexity index is 579. The molecule has 2 unspecified atom stereocenters. The summed E-state index contributed by atoms with van der Waals surface area (Å²) in [6, 6.07) is 4.85. The molecule has 0 aliphatic carbocycles. The number of sulfonamides is 1. The minimum Gasteiger partial charge on any atom is -0.207 e. The largest absolute Gasteiger partial charge is 0.244 e. The van der Waals surface area contributed by atoms with Crippen molar-refractivity contribution >= 4 is 53.5 Å². The number of halogens is 3. The van der Waals surface area contributed by atoms with Crippen LogP contribution < -0.4 is 0 Å². The molecule has 0 bridgehead atoms. The minimum absolute atomic E-state index is 0.178. The molecule has 1 aliphatic heterocycles. The molecule has 106 valence electrons. The highest BCUT2D eigenvalue weighted by Gasteiger charge is 2.33. The molecule has 19 heavy (non-hydrogen) atoms. The second kappa shape index (κ2) is 6.02. The fourth-order valence-corrected chi connectivity index (χ4v) is 5.06. The Balaban J connectivity index is 2.32. The van der Waals surface area contributed by atoms with E-state index in [1.807, 2.05) is 6.92 Å². The van der Waals surface area contributed by atoms with Gasteiger partial charge in [0.15, 0.2) is 0 Å². The fraction of sp³-hybridized carbons (Fsp3) is 0.500. The topological polar surface area (TPSA) is 37.4 Å². The molecule has 1 fully saturated rings. The van der Waals surface area contributed by atoms with Crippen LogP contribution in [0.1, 0.15) is 13.3 Å². The average Bonchev–Trinajstić information content (AvgIpc) is 2.32. The van der Waals surface area contributed by atoms with E-state index in [1.54, 1.807) is 18.2 Å². The lowest BCUT2D eigenvalue weighted by Crippen LogP contribution is -2.43. The monoisotopic (exact) mass is 429 g/mol. The quantitative estimate of drug-likeness (QED) is 0.666. The SMILES string of the molecule is CC1CN(S(=O)(=O)c2ccc(Br)cc2Cl)CCC1Br. The van der Waals surface area contributed by atoms with Gasteiger partial charge in [-0.15, -0.1) is 0 Å². The Morgan fingerprint density at radius 2 is 2.11 bits per heavy atom. The molecule has 3 nitrogen and oxygen atoms in total. The maximum atomic E-state index is 12.6. The number of piperidine rings is 1. The van der Waals surface area contributed by atoms with Crippen LogP contribution in [0, 0.1) is 5.92 Å². The molecule has 0 radical (unpaired) electrons. The maximum absolute atomic E-state index is 12.6. The number of hydrogen-bond donors (Lipinski definition) is 0. The van der Waals surface area contributed by atoms with Crippen molar-refractivity contribution in [2.24, 2.45) is 5.92 Å². The highest BCUT2D eigenvalue weighted by atomic mass is 79.9. The van der Waals surface area contributed by atoms with E-state index in [2.05, 4.69) is 31.9 Å². The van der Waals surface area contributed by atoms with E-state index >= 15 is 0 Å². The van der Waals surface area contributed by atoms with Gasteiger partial charge in [-0.05, 0) is 30.5 Å². The predicted molar refractivity (Wildman–Crippen MR) is 84.4 cm³/mol. The molecule has 7 heteroatoms. The van der Waals surface area contributed by atoms with Crippen LogP contribution in [0.3, 0.4) is 0 Å². The smallest absolute Gasteiger partial charge is 0.207 e. The van der Waals surface area contributed by atoms with Gasteiger partial charge in [-0.2, -0.15) is 4.31 Å². The first kappa shape index (κ1) is 15.8. The first-order valence-electron chi connectivity index (χ1n) is 5.91. The number of hydrogen-bond acceptors (Lipinski definition) is 2. The van der Waals surface area contributed by atoms with Crippen molar-refractivity contribution in [3.05, 3.63) is 27.7 Å². The van der Waals surface area contributed by atoms with Gasteiger partial charge in [-0.3, -0.25) is 0 Å². The Hall–Kier alpha value is 0.380. The zero-order valence-electron chi connectivity index (χ0n) is 10.3. The summed E-state index contributed by atoms with van der Waals surface area (Å²) < 4.78 is 27.5. The molecule has 2 atom stereocenters. The van der Waals surface area contributed by atoms with Gasteiger partial charge in [-0.25, -0.2) is 8.42 Å². The van der Waals surface area contributed by atoms with Crippen molar-refractivity contribution in [2.75, 3.05) is 13.1 Å². The van der Waals surface area contributed by atoms with Crippen LogP contribution >= 0.6 is 43.5 Å². The lowest BCUT2D eigenvalue weighted by Gasteiger charge is -2.33. The summed E-state index contributed by atoms with van der Waals surface area (Å²) in [5, 5.41) is 0.253. The van der Waals surface area contributed by atoms with E-state index in [0.29, 0.717) is 17.9 Å². The van der Waals surface area contributed by atoms with Crippen molar-refractivity contribution in [3.8, 4) is 0 Å². The molecular weight excluding hydrogens is 417 g/mol. The molecule has 2 rings (SSSR count). The Morgan fingerprint density at radius 1 is 1.42 bits per heavy atom. The highest BCUT2D eigenvalue weighted by molar-refractivity contribution is 9.10.